The summed E-state index contributed by atoms with van der Waals surface area (Å²) in [6.07, 6.45) is 7.22. The molecule has 1 atom stereocenters. The van der Waals surface area contributed by atoms with Gasteiger partial charge >= 0.3 is 5.97 Å². The van der Waals surface area contributed by atoms with Crippen LogP contribution in [0.2, 0.25) is 0 Å². The summed E-state index contributed by atoms with van der Waals surface area (Å²) in [5.41, 5.74) is 3.29. The van der Waals surface area contributed by atoms with Crippen LogP contribution >= 0.6 is 0 Å². The molecule has 0 radical (unpaired) electrons. The Balaban J connectivity index is 1.73. The van der Waals surface area contributed by atoms with Crippen LogP contribution in [-0.4, -0.2) is 19.7 Å². The molecule has 1 unspecified atom stereocenters. The van der Waals surface area contributed by atoms with Gasteiger partial charge in [0, 0.05) is 7.11 Å². The van der Waals surface area contributed by atoms with Crippen molar-refractivity contribution in [1.82, 2.24) is 0 Å². The van der Waals surface area contributed by atoms with Gasteiger partial charge in [0.1, 0.15) is 11.5 Å². The Morgan fingerprint density at radius 2 is 1.50 bits per heavy atom. The highest BCUT2D eigenvalue weighted by Gasteiger charge is 2.17. The minimum Gasteiger partial charge on any atom is -0.494 e. The summed E-state index contributed by atoms with van der Waals surface area (Å²) in [6, 6.07) is 22.9. The minimum absolute atomic E-state index is 0.0186. The fourth-order valence-electron chi connectivity index (χ4n) is 3.83. The molecular formula is C30H36O4. The maximum absolute atomic E-state index is 13.2. The van der Waals surface area contributed by atoms with Gasteiger partial charge in [-0.1, -0.05) is 81.5 Å². The number of rotatable bonds is 13. The van der Waals surface area contributed by atoms with Gasteiger partial charge < -0.3 is 14.2 Å². The van der Waals surface area contributed by atoms with Crippen LogP contribution in [-0.2, 0) is 4.74 Å². The Hall–Kier alpha value is -3.11. The molecule has 0 aliphatic heterocycles. The second-order valence-corrected chi connectivity index (χ2v) is 8.53. The fraction of sp³-hybridized carbons (Fsp3) is 0.367. The molecule has 0 aliphatic carbocycles. The maximum Gasteiger partial charge on any atom is 0.344 e. The number of unbranched alkanes of at least 4 members (excludes halogenated alkanes) is 5. The van der Waals surface area contributed by atoms with Crippen LogP contribution < -0.4 is 9.47 Å². The lowest BCUT2D eigenvalue weighted by molar-refractivity contribution is 0.0735. The molecule has 0 aliphatic rings. The zero-order valence-electron chi connectivity index (χ0n) is 20.6. The van der Waals surface area contributed by atoms with Crippen molar-refractivity contribution in [1.29, 1.82) is 0 Å². The van der Waals surface area contributed by atoms with E-state index in [4.69, 9.17) is 14.2 Å². The Morgan fingerprint density at radius 1 is 0.824 bits per heavy atom. The van der Waals surface area contributed by atoms with Crippen LogP contribution in [0.5, 0.6) is 11.5 Å². The molecule has 0 fully saturated rings. The quantitative estimate of drug-likeness (QED) is 0.147. The number of methoxy groups -OCH3 is 1. The van der Waals surface area contributed by atoms with Gasteiger partial charge in [0.25, 0.3) is 0 Å². The molecule has 0 bridgehead atoms. The van der Waals surface area contributed by atoms with E-state index in [-0.39, 0.29) is 6.10 Å². The first-order chi connectivity index (χ1) is 16.6. The fourth-order valence-corrected chi connectivity index (χ4v) is 3.83. The van der Waals surface area contributed by atoms with E-state index in [9.17, 15) is 4.79 Å². The zero-order valence-corrected chi connectivity index (χ0v) is 20.6. The summed E-state index contributed by atoms with van der Waals surface area (Å²) < 4.78 is 17.1. The summed E-state index contributed by atoms with van der Waals surface area (Å²) in [5, 5.41) is 0. The topological polar surface area (TPSA) is 44.8 Å². The molecule has 180 valence electrons. The van der Waals surface area contributed by atoms with Gasteiger partial charge in [0.05, 0.1) is 18.3 Å². The Kier molecular flexibility index (Phi) is 10.2. The van der Waals surface area contributed by atoms with Crippen molar-refractivity contribution in [3.63, 3.8) is 0 Å². The van der Waals surface area contributed by atoms with E-state index in [0.29, 0.717) is 23.7 Å². The van der Waals surface area contributed by atoms with Gasteiger partial charge in [0.15, 0.2) is 0 Å². The highest BCUT2D eigenvalue weighted by atomic mass is 16.5. The van der Waals surface area contributed by atoms with Crippen LogP contribution in [0, 0.1) is 0 Å². The molecule has 4 nitrogen and oxygen atoms in total. The molecule has 3 aromatic rings. The van der Waals surface area contributed by atoms with Gasteiger partial charge in [-0.25, -0.2) is 4.79 Å². The summed E-state index contributed by atoms with van der Waals surface area (Å²) in [7, 11) is 1.67. The lowest BCUT2D eigenvalue weighted by Gasteiger charge is -2.14. The lowest BCUT2D eigenvalue weighted by Crippen LogP contribution is -2.11. The standard InChI is InChI=1S/C30H36O4/c1-4-5-6-7-8-12-21-33-27-19-20-28(25-13-10-9-11-14-25)29(22-27)30(31)34-26-17-15-24(16-18-26)23(2)32-3/h9-11,13-20,22-23H,4-8,12,21H2,1-3H3. The highest BCUT2D eigenvalue weighted by molar-refractivity contribution is 5.99. The van der Waals surface area contributed by atoms with E-state index < -0.39 is 5.97 Å². The predicted octanol–water partition coefficient (Wildman–Crippen LogP) is 8.02. The molecular weight excluding hydrogens is 424 g/mol. The monoisotopic (exact) mass is 460 g/mol. The van der Waals surface area contributed by atoms with E-state index >= 15 is 0 Å². The van der Waals surface area contributed by atoms with Crippen LogP contribution in [0.25, 0.3) is 11.1 Å². The number of hydrogen-bond donors (Lipinski definition) is 0. The zero-order chi connectivity index (χ0) is 24.2. The largest absolute Gasteiger partial charge is 0.494 e. The van der Waals surface area contributed by atoms with Crippen molar-refractivity contribution in [2.45, 2.75) is 58.5 Å². The smallest absolute Gasteiger partial charge is 0.344 e. The summed E-state index contributed by atoms with van der Waals surface area (Å²) in [4.78, 5) is 13.2. The number of carbonyl (C=O) groups excluding carboxylic acids is 1. The van der Waals surface area contributed by atoms with Crippen molar-refractivity contribution in [3.05, 3.63) is 83.9 Å². The first kappa shape index (κ1) is 25.5. The number of carbonyl (C=O) groups is 1. The normalized spacial score (nSPS) is 11.7. The molecule has 4 heteroatoms. The third-order valence-electron chi connectivity index (χ3n) is 5.98. The molecule has 0 amide bonds. The third-order valence-corrected chi connectivity index (χ3v) is 5.98. The SMILES string of the molecule is CCCCCCCCOc1ccc(-c2ccccc2)c(C(=O)Oc2ccc(C(C)OC)cc2)c1. The predicted molar refractivity (Wildman–Crippen MR) is 138 cm³/mol. The number of hydrogen-bond acceptors (Lipinski definition) is 4. The van der Waals surface area contributed by atoms with Gasteiger partial charge in [-0.05, 0) is 60.4 Å². The first-order valence-electron chi connectivity index (χ1n) is 12.3. The number of ether oxygens (including phenoxy) is 3. The second kappa shape index (κ2) is 13.6. The van der Waals surface area contributed by atoms with Crippen LogP contribution in [0.1, 0.15) is 74.4 Å². The summed E-state index contributed by atoms with van der Waals surface area (Å²) in [6.45, 7) is 4.84. The average Bonchev–Trinajstić information content (AvgIpc) is 2.88. The van der Waals surface area contributed by atoms with Crippen molar-refractivity contribution < 1.29 is 19.0 Å². The van der Waals surface area contributed by atoms with Crippen LogP contribution in [0.4, 0.5) is 0 Å². The average molecular weight is 461 g/mol. The van der Waals surface area contributed by atoms with E-state index in [0.717, 1.165) is 29.5 Å². The van der Waals surface area contributed by atoms with Crippen molar-refractivity contribution in [3.8, 4) is 22.6 Å². The maximum atomic E-state index is 13.2. The molecule has 3 rings (SSSR count). The van der Waals surface area contributed by atoms with E-state index in [1.54, 1.807) is 25.3 Å². The highest BCUT2D eigenvalue weighted by Crippen LogP contribution is 2.29. The Labute approximate surface area is 203 Å². The number of benzene rings is 3. The molecule has 0 spiro atoms. The van der Waals surface area contributed by atoms with Crippen molar-refractivity contribution in [2.75, 3.05) is 13.7 Å². The molecule has 0 saturated heterocycles. The van der Waals surface area contributed by atoms with Gasteiger partial charge in [-0.2, -0.15) is 0 Å². The molecule has 0 aromatic heterocycles. The minimum atomic E-state index is -0.406. The molecule has 0 heterocycles. The van der Waals surface area contributed by atoms with Crippen molar-refractivity contribution >= 4 is 5.97 Å². The second-order valence-electron chi connectivity index (χ2n) is 8.53. The van der Waals surface area contributed by atoms with Crippen molar-refractivity contribution in [2.24, 2.45) is 0 Å². The third kappa shape index (κ3) is 7.46. The van der Waals surface area contributed by atoms with Gasteiger partial charge in [0.2, 0.25) is 0 Å². The van der Waals surface area contributed by atoms with E-state index in [1.807, 2.05) is 61.5 Å². The van der Waals surface area contributed by atoms with Gasteiger partial charge in [-0.3, -0.25) is 0 Å². The summed E-state index contributed by atoms with van der Waals surface area (Å²) in [5.74, 6) is 0.773. The Morgan fingerprint density at radius 3 is 2.21 bits per heavy atom. The lowest BCUT2D eigenvalue weighted by atomic mass is 9.99. The van der Waals surface area contributed by atoms with Crippen LogP contribution in [0.15, 0.2) is 72.8 Å². The summed E-state index contributed by atoms with van der Waals surface area (Å²) >= 11 is 0. The number of esters is 1. The first-order valence-corrected chi connectivity index (χ1v) is 12.3. The van der Waals surface area contributed by atoms with Crippen LogP contribution in [0.3, 0.4) is 0 Å². The Bertz CT molecular complexity index is 1010. The molecule has 0 N–H and O–H groups in total. The molecule has 0 saturated carbocycles. The van der Waals surface area contributed by atoms with E-state index in [1.165, 1.54) is 25.7 Å². The van der Waals surface area contributed by atoms with E-state index in [2.05, 4.69) is 6.92 Å². The molecule has 34 heavy (non-hydrogen) atoms. The van der Waals surface area contributed by atoms with Gasteiger partial charge in [-0.15, -0.1) is 0 Å². The molecule has 3 aromatic carbocycles.